The lowest BCUT2D eigenvalue weighted by molar-refractivity contribution is -0.158. The molecule has 0 unspecified atom stereocenters. The van der Waals surface area contributed by atoms with Gasteiger partial charge in [-0.1, -0.05) is 192 Å². The van der Waals surface area contributed by atoms with Crippen LogP contribution < -0.4 is 16.0 Å². The Balaban J connectivity index is 1.00. The Morgan fingerprint density at radius 3 is 1.92 bits per heavy atom. The molecule has 1 fully saturated rings. The highest BCUT2D eigenvalue weighted by molar-refractivity contribution is 8.03. The molecule has 0 aliphatic carbocycles. The number of esters is 1. The average molecular weight is 1060 g/mol. The minimum atomic E-state index is -1.06. The number of ether oxygens (including phenoxy) is 2. The fourth-order valence-corrected chi connectivity index (χ4v) is 11.5. The number of carbonyl (C=O) groups excluding carboxylic acids is 4. The fourth-order valence-electron chi connectivity index (χ4n) is 9.23. The van der Waals surface area contributed by atoms with E-state index < -0.39 is 53.2 Å². The van der Waals surface area contributed by atoms with Crippen molar-refractivity contribution in [3.63, 3.8) is 0 Å². The largest absolute Gasteiger partial charge is 0.448 e. The normalized spacial score (nSPS) is 15.6. The first-order valence-electron chi connectivity index (χ1n) is 24.3. The van der Waals surface area contributed by atoms with Gasteiger partial charge in [0.15, 0.2) is 16.9 Å². The predicted octanol–water partition coefficient (Wildman–Crippen LogP) is 10.8. The zero-order valence-corrected chi connectivity index (χ0v) is 44.0. The molecular weight excluding hydrogens is 1010 g/mol. The number of thioether (sulfide) groups is 1. The number of rotatable bonds is 18. The van der Waals surface area contributed by atoms with E-state index in [1.165, 1.54) is 23.8 Å². The summed E-state index contributed by atoms with van der Waals surface area (Å²) in [5.41, 5.74) is 3.19. The van der Waals surface area contributed by atoms with Crippen LogP contribution in [0.15, 0.2) is 191 Å². The summed E-state index contributed by atoms with van der Waals surface area (Å²) < 4.78 is 12.0. The maximum Gasteiger partial charge on any atom is 0.407 e. The molecule has 0 bridgehead atoms. The number of anilines is 1. The molecule has 2 aliphatic rings. The van der Waals surface area contributed by atoms with Gasteiger partial charge in [-0.3, -0.25) is 19.5 Å². The molecule has 0 spiro atoms. The molecular formula is C58H54ClN7O7S2. The van der Waals surface area contributed by atoms with Crippen LogP contribution in [0.1, 0.15) is 78.9 Å². The van der Waals surface area contributed by atoms with E-state index >= 15 is 0 Å². The molecule has 5 aromatic carbocycles. The van der Waals surface area contributed by atoms with E-state index in [1.54, 1.807) is 33.0 Å². The molecule has 3 N–H and O–H groups in total. The van der Waals surface area contributed by atoms with Crippen molar-refractivity contribution in [3.8, 4) is 0 Å². The third-order valence-corrected chi connectivity index (χ3v) is 14.9. The number of carbonyl (C=O) groups is 4. The Morgan fingerprint density at radius 2 is 1.37 bits per heavy atom. The van der Waals surface area contributed by atoms with Gasteiger partial charge in [-0.05, 0) is 73.6 Å². The first kappa shape index (κ1) is 52.1. The molecule has 1 saturated heterocycles. The molecule has 0 saturated carbocycles. The van der Waals surface area contributed by atoms with Gasteiger partial charge in [0.05, 0.1) is 11.7 Å². The van der Waals surface area contributed by atoms with Gasteiger partial charge in [0, 0.05) is 29.0 Å². The number of hydrogen-bond acceptors (Lipinski definition) is 13. The van der Waals surface area contributed by atoms with Gasteiger partial charge in [-0.2, -0.15) is 0 Å². The Hall–Kier alpha value is -7.79. The first-order chi connectivity index (χ1) is 36.3. The Labute approximate surface area is 448 Å². The molecule has 0 radical (unpaired) electrons. The number of nitrogens with one attached hydrogen (secondary N) is 3. The standard InChI is InChI=1S/C58H54ClN7O7S2/c1-57(2,3)73-56(70)61-36-34-42-44(31-20-35-60-42)74-45-33-32-43-46(53(68)66(43)49(45)54(69)72-50(37-21-10-5-11-22-37)38-23-12-6-13-24-38)62-52(67)48(65-71-4)47-51(59)75-55(63-47)64-58(39-25-14-7-15-26-39,40-27-16-8-17-28-40)41-29-18-9-19-30-41/h5-31,35,43,46,50H,32-34,36H2,1-4H3,(H,61,70)(H,62,67)(H,63,64)/b65-48-/t43-,46+/m1/s1. The van der Waals surface area contributed by atoms with E-state index in [0.29, 0.717) is 35.0 Å². The van der Waals surface area contributed by atoms with E-state index in [0.717, 1.165) is 44.0 Å². The number of oxime groups is 1. The lowest BCUT2D eigenvalue weighted by Gasteiger charge is -2.50. The van der Waals surface area contributed by atoms with Crippen LogP contribution in [0.25, 0.3) is 0 Å². The Kier molecular flexibility index (Phi) is 16.1. The van der Waals surface area contributed by atoms with Gasteiger partial charge < -0.3 is 30.3 Å². The number of fused-ring (bicyclic) bond motifs is 1. The second-order valence-corrected chi connectivity index (χ2v) is 21.3. The number of halogens is 1. The maximum atomic E-state index is 14.9. The number of nitrogens with zero attached hydrogens (tertiary/aromatic N) is 4. The second-order valence-electron chi connectivity index (χ2n) is 18.6. The molecule has 382 valence electrons. The van der Waals surface area contributed by atoms with Crippen molar-refractivity contribution in [2.24, 2.45) is 5.16 Å². The number of β-lactam (4-membered cyclic amide) rings is 1. The molecule has 2 atom stereocenters. The number of alkyl carbamates (subject to hydrolysis) is 1. The molecule has 75 heavy (non-hydrogen) atoms. The molecule has 2 aliphatic heterocycles. The maximum absolute atomic E-state index is 14.9. The van der Waals surface area contributed by atoms with Gasteiger partial charge in [0.1, 0.15) is 40.0 Å². The smallest absolute Gasteiger partial charge is 0.407 e. The van der Waals surface area contributed by atoms with E-state index in [9.17, 15) is 19.2 Å². The highest BCUT2D eigenvalue weighted by atomic mass is 35.5. The zero-order valence-electron chi connectivity index (χ0n) is 41.6. The minimum absolute atomic E-state index is 0.0446. The van der Waals surface area contributed by atoms with Crippen molar-refractivity contribution in [2.75, 3.05) is 19.0 Å². The van der Waals surface area contributed by atoms with Gasteiger partial charge in [0.2, 0.25) is 0 Å². The van der Waals surface area contributed by atoms with Gasteiger partial charge in [0.25, 0.3) is 11.8 Å². The number of hydrogen-bond donors (Lipinski definition) is 3. The van der Waals surface area contributed by atoms with Crippen molar-refractivity contribution < 1.29 is 33.5 Å². The zero-order chi connectivity index (χ0) is 52.5. The average Bonchev–Trinajstić information content (AvgIpc) is 3.84. The van der Waals surface area contributed by atoms with Crippen molar-refractivity contribution in [2.45, 2.75) is 74.3 Å². The van der Waals surface area contributed by atoms with Crippen LogP contribution >= 0.6 is 34.7 Å². The van der Waals surface area contributed by atoms with E-state index in [4.69, 9.17) is 30.9 Å². The lowest BCUT2D eigenvalue weighted by Crippen LogP contribution is -2.72. The number of aromatic nitrogens is 2. The van der Waals surface area contributed by atoms with Crippen LogP contribution in [-0.2, 0) is 40.7 Å². The first-order valence-corrected chi connectivity index (χ1v) is 26.3. The number of thiazole rings is 1. The van der Waals surface area contributed by atoms with Crippen molar-refractivity contribution in [3.05, 3.63) is 224 Å². The summed E-state index contributed by atoms with van der Waals surface area (Å²) in [5.74, 6) is -2.00. The van der Waals surface area contributed by atoms with Crippen molar-refractivity contribution >= 4 is 69.4 Å². The molecule has 14 nitrogen and oxygen atoms in total. The van der Waals surface area contributed by atoms with E-state index in [1.807, 2.05) is 158 Å². The molecule has 9 rings (SSSR count). The monoisotopic (exact) mass is 1060 g/mol. The van der Waals surface area contributed by atoms with E-state index in [2.05, 4.69) is 26.1 Å². The van der Waals surface area contributed by atoms with Gasteiger partial charge in [-0.15, -0.1) is 0 Å². The number of pyridine rings is 1. The summed E-state index contributed by atoms with van der Waals surface area (Å²) in [5, 5.41) is 13.9. The van der Waals surface area contributed by atoms with E-state index in [-0.39, 0.29) is 28.0 Å². The van der Waals surface area contributed by atoms with Gasteiger partial charge in [-0.25, -0.2) is 14.6 Å². The van der Waals surface area contributed by atoms with Gasteiger partial charge >= 0.3 is 12.1 Å². The number of allylic oxidation sites excluding steroid dienone is 1. The van der Waals surface area contributed by atoms with Crippen LogP contribution in [0.4, 0.5) is 9.93 Å². The van der Waals surface area contributed by atoms with Crippen LogP contribution in [-0.4, -0.2) is 75.8 Å². The Bertz CT molecular complexity index is 3080. The summed E-state index contributed by atoms with van der Waals surface area (Å²) in [6, 6.07) is 50.7. The lowest BCUT2D eigenvalue weighted by atomic mass is 9.77. The predicted molar refractivity (Wildman–Crippen MR) is 291 cm³/mol. The molecule has 3 amide bonds. The number of amides is 3. The molecule has 17 heteroatoms. The Morgan fingerprint density at radius 1 is 0.813 bits per heavy atom. The molecule has 7 aromatic rings. The summed E-state index contributed by atoms with van der Waals surface area (Å²) in [7, 11) is 1.31. The summed E-state index contributed by atoms with van der Waals surface area (Å²) >= 11 is 9.43. The third-order valence-electron chi connectivity index (χ3n) is 12.5. The SMILES string of the molecule is CO/N=C(\C(=O)N[C@@H]1C(=O)N2C(C(=O)OC(c3ccccc3)c3ccccc3)=C(Sc3cccnc3CCNC(=O)OC(C)(C)C)CC[C@H]12)c1nc(NC(c2ccccc2)(c2ccccc2)c2ccccc2)sc1Cl. The van der Waals surface area contributed by atoms with Crippen molar-refractivity contribution in [1.29, 1.82) is 0 Å². The second kappa shape index (κ2) is 23.2. The van der Waals surface area contributed by atoms with Crippen molar-refractivity contribution in [1.82, 2.24) is 25.5 Å². The quantitative estimate of drug-likeness (QED) is 0.0245. The summed E-state index contributed by atoms with van der Waals surface area (Å²) in [6.45, 7) is 5.62. The van der Waals surface area contributed by atoms with Crippen LogP contribution in [0.3, 0.4) is 0 Å². The highest BCUT2D eigenvalue weighted by Gasteiger charge is 2.54. The highest BCUT2D eigenvalue weighted by Crippen LogP contribution is 2.46. The topological polar surface area (TPSA) is 173 Å². The minimum Gasteiger partial charge on any atom is -0.448 e. The third kappa shape index (κ3) is 11.6. The molecule has 2 aromatic heterocycles. The molecule has 4 heterocycles. The fraction of sp³-hybridized carbons (Fsp3) is 0.224. The summed E-state index contributed by atoms with van der Waals surface area (Å²) in [6.07, 6.45) is 1.39. The van der Waals surface area contributed by atoms with Crippen LogP contribution in [0.5, 0.6) is 0 Å². The van der Waals surface area contributed by atoms with Crippen LogP contribution in [0.2, 0.25) is 4.34 Å². The summed E-state index contributed by atoms with van der Waals surface area (Å²) in [4.78, 5) is 74.1. The number of benzene rings is 5. The van der Waals surface area contributed by atoms with Crippen LogP contribution in [0, 0.1) is 0 Å².